The molecule has 1 N–H and O–H groups in total. The number of fused-ring (bicyclic) bond motifs is 1. The van der Waals surface area contributed by atoms with Crippen LogP contribution in [0.1, 0.15) is 22.7 Å². The van der Waals surface area contributed by atoms with Gasteiger partial charge < -0.3 is 14.4 Å². The predicted octanol–water partition coefficient (Wildman–Crippen LogP) is 5.18. The van der Waals surface area contributed by atoms with Crippen LogP contribution in [0.2, 0.25) is 5.02 Å². The van der Waals surface area contributed by atoms with E-state index in [1.807, 2.05) is 60.7 Å². The average Bonchev–Trinajstić information content (AvgIpc) is 3.34. The van der Waals surface area contributed by atoms with Crippen LogP contribution in [0.3, 0.4) is 0 Å². The van der Waals surface area contributed by atoms with Crippen molar-refractivity contribution in [3.8, 4) is 11.3 Å². The van der Waals surface area contributed by atoms with E-state index >= 15 is 0 Å². The summed E-state index contributed by atoms with van der Waals surface area (Å²) in [6, 6.07) is 19.3. The molecule has 28 heavy (non-hydrogen) atoms. The number of hydrogen-bond acceptors (Lipinski definition) is 3. The molecule has 1 amide bonds. The topological polar surface area (TPSA) is 62.1 Å². The van der Waals surface area contributed by atoms with Gasteiger partial charge in [-0.15, -0.1) is 0 Å². The molecule has 0 saturated carbocycles. The summed E-state index contributed by atoms with van der Waals surface area (Å²) >= 11 is 6.01. The first-order valence-corrected chi connectivity index (χ1v) is 9.53. The summed E-state index contributed by atoms with van der Waals surface area (Å²) in [5.41, 5.74) is 3.28. The van der Waals surface area contributed by atoms with E-state index in [4.69, 9.17) is 16.1 Å². The largest absolute Gasteiger partial charge is 0.361 e. The Morgan fingerprint density at radius 3 is 2.79 bits per heavy atom. The highest BCUT2D eigenvalue weighted by Crippen LogP contribution is 2.21. The summed E-state index contributed by atoms with van der Waals surface area (Å²) in [7, 11) is 1.80. The number of halogens is 1. The van der Waals surface area contributed by atoms with Crippen LogP contribution in [-0.4, -0.2) is 34.5 Å². The van der Waals surface area contributed by atoms with Gasteiger partial charge in [-0.25, -0.2) is 0 Å². The number of H-pyrrole nitrogens is 1. The molecular weight excluding hydrogens is 374 g/mol. The van der Waals surface area contributed by atoms with Crippen molar-refractivity contribution in [2.24, 2.45) is 0 Å². The van der Waals surface area contributed by atoms with E-state index in [1.165, 1.54) is 0 Å². The molecule has 5 nitrogen and oxygen atoms in total. The quantitative estimate of drug-likeness (QED) is 0.491. The average molecular weight is 394 g/mol. The molecule has 0 fully saturated rings. The molecule has 0 aliphatic heterocycles. The zero-order chi connectivity index (χ0) is 19.5. The lowest BCUT2D eigenvalue weighted by Crippen LogP contribution is -2.28. The monoisotopic (exact) mass is 393 g/mol. The van der Waals surface area contributed by atoms with Gasteiger partial charge in [0.05, 0.1) is 0 Å². The maximum atomic E-state index is 12.7. The Bertz CT molecular complexity index is 1100. The van der Waals surface area contributed by atoms with Crippen LogP contribution < -0.4 is 0 Å². The highest BCUT2D eigenvalue weighted by molar-refractivity contribution is 6.31. The minimum absolute atomic E-state index is 0.0464. The summed E-state index contributed by atoms with van der Waals surface area (Å²) in [5.74, 6) is 0.773. The zero-order valence-electron chi connectivity index (χ0n) is 15.5. The molecule has 0 bridgehead atoms. The second-order valence-corrected chi connectivity index (χ2v) is 7.23. The van der Waals surface area contributed by atoms with E-state index in [0.29, 0.717) is 17.3 Å². The highest BCUT2D eigenvalue weighted by atomic mass is 35.5. The maximum Gasteiger partial charge on any atom is 0.270 e. The van der Waals surface area contributed by atoms with E-state index in [9.17, 15) is 4.79 Å². The van der Waals surface area contributed by atoms with Crippen molar-refractivity contribution in [3.05, 3.63) is 77.1 Å². The molecule has 0 aliphatic rings. The van der Waals surface area contributed by atoms with Gasteiger partial charge in [-0.2, -0.15) is 0 Å². The van der Waals surface area contributed by atoms with Crippen LogP contribution in [-0.2, 0) is 6.42 Å². The van der Waals surface area contributed by atoms with Gasteiger partial charge in [0.15, 0.2) is 0 Å². The van der Waals surface area contributed by atoms with Gasteiger partial charge in [0.2, 0.25) is 0 Å². The van der Waals surface area contributed by atoms with Crippen molar-refractivity contribution in [2.75, 3.05) is 13.6 Å². The molecule has 2 aromatic carbocycles. The van der Waals surface area contributed by atoms with E-state index in [-0.39, 0.29) is 5.91 Å². The number of aryl methyl sites for hydroxylation is 1. The number of benzene rings is 2. The molecule has 6 heteroatoms. The second-order valence-electron chi connectivity index (χ2n) is 6.79. The molecule has 2 heterocycles. The number of aromatic amines is 1. The first-order valence-electron chi connectivity index (χ1n) is 9.15. The molecule has 142 valence electrons. The molecule has 0 aliphatic carbocycles. The van der Waals surface area contributed by atoms with Crippen molar-refractivity contribution >= 4 is 28.4 Å². The Balaban J connectivity index is 1.34. The fraction of sp³-hybridized carbons (Fsp3) is 0.182. The first-order chi connectivity index (χ1) is 13.6. The summed E-state index contributed by atoms with van der Waals surface area (Å²) in [6.45, 7) is 0.621. The van der Waals surface area contributed by atoms with Crippen LogP contribution in [0, 0.1) is 0 Å². The number of carbonyl (C=O) groups is 1. The number of amides is 1. The predicted molar refractivity (Wildman–Crippen MR) is 111 cm³/mol. The van der Waals surface area contributed by atoms with Crippen molar-refractivity contribution in [1.82, 2.24) is 15.0 Å². The molecule has 0 unspecified atom stereocenters. The van der Waals surface area contributed by atoms with E-state index in [0.717, 1.165) is 40.8 Å². The normalized spacial score (nSPS) is 11.1. The van der Waals surface area contributed by atoms with Crippen LogP contribution in [0.5, 0.6) is 0 Å². The molecule has 0 spiro atoms. The summed E-state index contributed by atoms with van der Waals surface area (Å²) in [6.07, 6.45) is 1.51. The summed E-state index contributed by atoms with van der Waals surface area (Å²) in [4.78, 5) is 17.5. The SMILES string of the molecule is CN(CCCc1cc(-c2ccccc2)no1)C(=O)c1cc2ccc(Cl)cc2[nH]1. The van der Waals surface area contributed by atoms with Gasteiger partial charge in [0, 0.05) is 47.6 Å². The van der Waals surface area contributed by atoms with Crippen LogP contribution in [0.25, 0.3) is 22.2 Å². The summed E-state index contributed by atoms with van der Waals surface area (Å²) in [5, 5.41) is 5.74. The fourth-order valence-electron chi connectivity index (χ4n) is 3.19. The maximum absolute atomic E-state index is 12.7. The van der Waals surface area contributed by atoms with Gasteiger partial charge in [-0.1, -0.05) is 53.2 Å². The second kappa shape index (κ2) is 7.90. The Kier molecular flexibility index (Phi) is 5.17. The van der Waals surface area contributed by atoms with E-state index in [2.05, 4.69) is 10.1 Å². The number of aromatic nitrogens is 2. The number of nitrogens with one attached hydrogen (secondary N) is 1. The van der Waals surface area contributed by atoms with Crippen molar-refractivity contribution in [1.29, 1.82) is 0 Å². The third-order valence-electron chi connectivity index (χ3n) is 4.71. The molecular formula is C22H20ClN3O2. The molecule has 0 saturated heterocycles. The first kappa shape index (κ1) is 18.3. The van der Waals surface area contributed by atoms with Crippen LogP contribution in [0.4, 0.5) is 0 Å². The minimum atomic E-state index is -0.0464. The Morgan fingerprint density at radius 1 is 1.14 bits per heavy atom. The molecule has 0 radical (unpaired) electrons. The Hall–Kier alpha value is -3.05. The van der Waals surface area contributed by atoms with Gasteiger partial charge in [0.1, 0.15) is 17.1 Å². The van der Waals surface area contributed by atoms with Gasteiger partial charge in [0.25, 0.3) is 5.91 Å². The summed E-state index contributed by atoms with van der Waals surface area (Å²) < 4.78 is 5.42. The number of nitrogens with zero attached hydrogens (tertiary/aromatic N) is 2. The number of hydrogen-bond donors (Lipinski definition) is 1. The number of carbonyl (C=O) groups excluding carboxylic acids is 1. The number of rotatable bonds is 6. The smallest absolute Gasteiger partial charge is 0.270 e. The van der Waals surface area contributed by atoms with E-state index < -0.39 is 0 Å². The van der Waals surface area contributed by atoms with Crippen molar-refractivity contribution in [3.63, 3.8) is 0 Å². The lowest BCUT2D eigenvalue weighted by molar-refractivity contribution is 0.0788. The van der Waals surface area contributed by atoms with Crippen LogP contribution in [0.15, 0.2) is 65.2 Å². The Morgan fingerprint density at radius 2 is 1.96 bits per heavy atom. The Labute approximate surface area is 167 Å². The van der Waals surface area contributed by atoms with Crippen molar-refractivity contribution < 1.29 is 9.32 Å². The van der Waals surface area contributed by atoms with Gasteiger partial charge >= 0.3 is 0 Å². The van der Waals surface area contributed by atoms with Crippen LogP contribution >= 0.6 is 11.6 Å². The van der Waals surface area contributed by atoms with Gasteiger partial charge in [-0.05, 0) is 24.6 Å². The van der Waals surface area contributed by atoms with Crippen molar-refractivity contribution in [2.45, 2.75) is 12.8 Å². The molecule has 0 atom stereocenters. The third kappa shape index (κ3) is 3.94. The lowest BCUT2D eigenvalue weighted by atomic mass is 10.1. The fourth-order valence-corrected chi connectivity index (χ4v) is 3.36. The molecule has 2 aromatic heterocycles. The standard InChI is InChI=1S/C22H20ClN3O2/c1-26(22(27)21-12-16-9-10-17(23)13-19(16)24-21)11-5-8-18-14-20(25-28-18)15-6-3-2-4-7-15/h2-4,6-7,9-10,12-14,24H,5,8,11H2,1H3. The minimum Gasteiger partial charge on any atom is -0.361 e. The van der Waals surface area contributed by atoms with E-state index in [1.54, 1.807) is 11.9 Å². The molecule has 4 rings (SSSR count). The third-order valence-corrected chi connectivity index (χ3v) is 4.94. The lowest BCUT2D eigenvalue weighted by Gasteiger charge is -2.15. The molecule has 4 aromatic rings. The van der Waals surface area contributed by atoms with Gasteiger partial charge in [-0.3, -0.25) is 4.79 Å². The highest BCUT2D eigenvalue weighted by Gasteiger charge is 2.15. The zero-order valence-corrected chi connectivity index (χ0v) is 16.2.